The molecule has 0 aliphatic carbocycles. The van der Waals surface area contributed by atoms with Crippen LogP contribution in [0.1, 0.15) is 97.8 Å². The number of Topliss-reactive ketones (excluding diaryl/α,β-unsaturated/α-hetero) is 1. The van der Waals surface area contributed by atoms with E-state index < -0.39 is 72.4 Å². The summed E-state index contributed by atoms with van der Waals surface area (Å²) in [6.07, 6.45) is 1.12. The van der Waals surface area contributed by atoms with Crippen molar-refractivity contribution in [2.24, 2.45) is 5.11 Å². The number of rotatable bonds is 35. The highest BCUT2D eigenvalue weighted by Gasteiger charge is 2.22. The maximum atomic E-state index is 13.1. The zero-order chi connectivity index (χ0) is 44.7. The molecule has 0 saturated heterocycles. The number of hydrogen-bond acceptors (Lipinski definition) is 13. The number of carboxylic acid groups (broad SMARTS) is 4. The van der Waals surface area contributed by atoms with Crippen LogP contribution < -0.4 is 26.0 Å². The van der Waals surface area contributed by atoms with Crippen molar-refractivity contribution in [2.75, 3.05) is 52.7 Å². The number of amides is 4. The Balaban J connectivity index is 2.73. The standard InChI is InChI=1S/C37H53N7O16/c38-44-41-13-3-1-2-5-26(45)6-4-16-60-27-22-24(34(52)39-14-19-58-17-11-30(46)42-28(36(54)55)7-9-32(48)49)21-25(23-27)35(53)40-15-20-59-18-12-31(47)43-29(37(56)57)8-10-33(50)51/h21-23,28-29H,1-20H2,(H,39,52)(H,40,53)(H,42,46)(H,43,47)(H,48,49)(H,50,51)(H,54,55)(H,56,57). The highest BCUT2D eigenvalue weighted by Crippen LogP contribution is 2.19. The lowest BCUT2D eigenvalue weighted by Crippen LogP contribution is -2.41. The van der Waals surface area contributed by atoms with Crippen LogP contribution in [0.2, 0.25) is 0 Å². The minimum absolute atomic E-state index is 0.0221. The predicted molar refractivity (Wildman–Crippen MR) is 207 cm³/mol. The maximum absolute atomic E-state index is 13.1. The van der Waals surface area contributed by atoms with Gasteiger partial charge in [0, 0.05) is 74.2 Å². The first-order valence-corrected chi connectivity index (χ1v) is 19.1. The second-order valence-electron chi connectivity index (χ2n) is 13.0. The van der Waals surface area contributed by atoms with E-state index >= 15 is 0 Å². The second-order valence-corrected chi connectivity index (χ2v) is 13.0. The number of carbonyl (C=O) groups excluding carboxylic acids is 5. The average Bonchev–Trinajstić information content (AvgIpc) is 3.19. The third-order valence-corrected chi connectivity index (χ3v) is 8.15. The topological polar surface area (TPSA) is 359 Å². The molecular formula is C37H53N7O16. The summed E-state index contributed by atoms with van der Waals surface area (Å²) in [6, 6.07) is 1.36. The number of ketones is 1. The Morgan fingerprint density at radius 2 is 1.08 bits per heavy atom. The quantitative estimate of drug-likeness (QED) is 0.0207. The van der Waals surface area contributed by atoms with E-state index in [0.29, 0.717) is 32.2 Å². The summed E-state index contributed by atoms with van der Waals surface area (Å²) in [4.78, 5) is 109. The van der Waals surface area contributed by atoms with Crippen LogP contribution in [0.4, 0.5) is 0 Å². The van der Waals surface area contributed by atoms with Crippen molar-refractivity contribution in [2.45, 2.75) is 89.1 Å². The van der Waals surface area contributed by atoms with Gasteiger partial charge in [-0.2, -0.15) is 0 Å². The number of azide groups is 1. The first-order chi connectivity index (χ1) is 28.6. The van der Waals surface area contributed by atoms with Crippen molar-refractivity contribution in [3.63, 3.8) is 0 Å². The third kappa shape index (κ3) is 25.1. The summed E-state index contributed by atoms with van der Waals surface area (Å²) in [5.74, 6) is -7.53. The number of nitrogens with one attached hydrogen (secondary N) is 4. The highest BCUT2D eigenvalue weighted by atomic mass is 16.5. The van der Waals surface area contributed by atoms with Crippen LogP contribution in [0, 0.1) is 0 Å². The molecule has 2 atom stereocenters. The molecule has 23 heteroatoms. The summed E-state index contributed by atoms with van der Waals surface area (Å²) in [5, 5.41) is 49.0. The number of hydrogen-bond donors (Lipinski definition) is 8. The number of unbranched alkanes of at least 4 members (excludes halogenated alkanes) is 2. The van der Waals surface area contributed by atoms with Gasteiger partial charge in [-0.05, 0) is 55.8 Å². The van der Waals surface area contributed by atoms with Gasteiger partial charge in [0.2, 0.25) is 11.8 Å². The number of benzene rings is 1. The van der Waals surface area contributed by atoms with E-state index in [2.05, 4.69) is 31.3 Å². The molecule has 0 bridgehead atoms. The first kappa shape index (κ1) is 51.7. The van der Waals surface area contributed by atoms with Crippen molar-refractivity contribution in [3.8, 4) is 5.75 Å². The molecule has 0 aliphatic rings. The Morgan fingerprint density at radius 1 is 0.600 bits per heavy atom. The molecule has 332 valence electrons. The van der Waals surface area contributed by atoms with Crippen molar-refractivity contribution >= 4 is 53.3 Å². The average molecular weight is 852 g/mol. The molecule has 0 heterocycles. The van der Waals surface area contributed by atoms with E-state index in [1.807, 2.05) is 0 Å². The molecule has 2 unspecified atom stereocenters. The Hall–Kier alpha value is -6.32. The molecule has 0 radical (unpaired) electrons. The van der Waals surface area contributed by atoms with Crippen molar-refractivity contribution in [1.82, 2.24) is 21.3 Å². The Kier molecular flexibility index (Phi) is 26.5. The lowest BCUT2D eigenvalue weighted by molar-refractivity contribution is -0.144. The lowest BCUT2D eigenvalue weighted by atomic mass is 10.1. The first-order valence-electron chi connectivity index (χ1n) is 19.1. The minimum Gasteiger partial charge on any atom is -0.494 e. The molecule has 1 rings (SSSR count). The fourth-order valence-electron chi connectivity index (χ4n) is 5.05. The van der Waals surface area contributed by atoms with Gasteiger partial charge < -0.3 is 55.9 Å². The van der Waals surface area contributed by atoms with E-state index in [0.717, 1.165) is 6.42 Å². The van der Waals surface area contributed by atoms with Gasteiger partial charge in [0.25, 0.3) is 11.8 Å². The second kappa shape index (κ2) is 30.7. The van der Waals surface area contributed by atoms with Gasteiger partial charge in [0.15, 0.2) is 0 Å². The van der Waals surface area contributed by atoms with E-state index in [1.165, 1.54) is 18.2 Å². The molecule has 1 aromatic rings. The molecule has 8 N–H and O–H groups in total. The zero-order valence-electron chi connectivity index (χ0n) is 33.1. The Bertz CT molecular complexity index is 1580. The molecule has 0 saturated carbocycles. The number of aliphatic carboxylic acids is 4. The van der Waals surface area contributed by atoms with Crippen molar-refractivity contribution < 1.29 is 77.8 Å². The molecule has 60 heavy (non-hydrogen) atoms. The van der Waals surface area contributed by atoms with Gasteiger partial charge in [-0.25, -0.2) is 9.59 Å². The predicted octanol–water partition coefficient (Wildman–Crippen LogP) is 1.43. The molecule has 1 aromatic carbocycles. The maximum Gasteiger partial charge on any atom is 0.326 e. The summed E-state index contributed by atoms with van der Waals surface area (Å²) in [7, 11) is 0. The molecule has 0 aromatic heterocycles. The van der Waals surface area contributed by atoms with E-state index in [4.69, 9.17) is 30.0 Å². The summed E-state index contributed by atoms with van der Waals surface area (Å²) in [6.45, 7) is 0.0760. The normalized spacial score (nSPS) is 11.5. The molecule has 23 nitrogen and oxygen atoms in total. The fourth-order valence-corrected chi connectivity index (χ4v) is 5.05. The highest BCUT2D eigenvalue weighted by molar-refractivity contribution is 6.00. The van der Waals surface area contributed by atoms with Crippen LogP contribution in [-0.4, -0.2) is 138 Å². The van der Waals surface area contributed by atoms with E-state index in [1.54, 1.807) is 0 Å². The number of nitrogens with zero attached hydrogens (tertiary/aromatic N) is 3. The van der Waals surface area contributed by atoms with Crippen LogP contribution in [-0.2, 0) is 43.0 Å². The Morgan fingerprint density at radius 3 is 1.53 bits per heavy atom. The summed E-state index contributed by atoms with van der Waals surface area (Å²) >= 11 is 0. The van der Waals surface area contributed by atoms with E-state index in [-0.39, 0.29) is 101 Å². The molecule has 0 aliphatic heterocycles. The monoisotopic (exact) mass is 851 g/mol. The van der Waals surface area contributed by atoms with E-state index in [9.17, 15) is 53.4 Å². The van der Waals surface area contributed by atoms with Gasteiger partial charge >= 0.3 is 23.9 Å². The number of carboxylic acids is 4. The van der Waals surface area contributed by atoms with Gasteiger partial charge in [-0.15, -0.1) is 0 Å². The van der Waals surface area contributed by atoms with Crippen LogP contribution in [0.15, 0.2) is 23.3 Å². The van der Waals surface area contributed by atoms with Crippen LogP contribution in [0.3, 0.4) is 0 Å². The number of ether oxygens (including phenoxy) is 3. The Labute approximate surface area is 344 Å². The zero-order valence-corrected chi connectivity index (χ0v) is 33.1. The molecular weight excluding hydrogens is 798 g/mol. The van der Waals surface area contributed by atoms with Crippen molar-refractivity contribution in [3.05, 3.63) is 39.8 Å². The molecule has 4 amide bonds. The number of carbonyl (C=O) groups is 9. The van der Waals surface area contributed by atoms with Gasteiger partial charge in [-0.3, -0.25) is 33.6 Å². The smallest absolute Gasteiger partial charge is 0.326 e. The fraction of sp³-hybridized carbons (Fsp3) is 0.595. The van der Waals surface area contributed by atoms with Gasteiger partial charge in [0.05, 0.1) is 33.0 Å². The van der Waals surface area contributed by atoms with Crippen molar-refractivity contribution in [1.29, 1.82) is 0 Å². The SMILES string of the molecule is [N-]=[N+]=NCCCCCC(=O)CCCOc1cc(C(=O)NCCOCCC(=O)NC(CCC(=O)O)C(=O)O)cc(C(=O)NCCOCCC(=O)NC(CCC(=O)O)C(=O)O)c1. The van der Waals surface area contributed by atoms with Crippen LogP contribution >= 0.6 is 0 Å². The summed E-state index contributed by atoms with van der Waals surface area (Å²) in [5.41, 5.74) is 8.41. The molecule has 0 spiro atoms. The third-order valence-electron chi connectivity index (χ3n) is 8.15. The minimum atomic E-state index is -1.38. The molecule has 0 fully saturated rings. The summed E-state index contributed by atoms with van der Waals surface area (Å²) < 4.78 is 16.5. The van der Waals surface area contributed by atoms with Crippen LogP contribution in [0.5, 0.6) is 5.75 Å². The van der Waals surface area contributed by atoms with Crippen LogP contribution in [0.25, 0.3) is 10.4 Å². The van der Waals surface area contributed by atoms with Gasteiger partial charge in [0.1, 0.15) is 23.6 Å². The van der Waals surface area contributed by atoms with Gasteiger partial charge in [-0.1, -0.05) is 11.5 Å². The lowest BCUT2D eigenvalue weighted by Gasteiger charge is -2.14. The largest absolute Gasteiger partial charge is 0.494 e.